The number of hydrogen-bond acceptors (Lipinski definition) is 3. The summed E-state index contributed by atoms with van der Waals surface area (Å²) in [6.07, 6.45) is 4.90. The number of aromatic nitrogens is 4. The summed E-state index contributed by atoms with van der Waals surface area (Å²) in [6.45, 7) is 0.885. The summed E-state index contributed by atoms with van der Waals surface area (Å²) in [5.41, 5.74) is -0.581. The molecule has 1 aromatic carbocycles. The van der Waals surface area contributed by atoms with Gasteiger partial charge in [-0.15, -0.1) is 0 Å². The summed E-state index contributed by atoms with van der Waals surface area (Å²) in [7, 11) is 0. The molecule has 3 rings (SSSR count). The molecule has 0 N–H and O–H groups in total. The summed E-state index contributed by atoms with van der Waals surface area (Å²) in [5, 5.41) is 4.06. The van der Waals surface area contributed by atoms with Crippen LogP contribution in [0.2, 0.25) is 0 Å². The van der Waals surface area contributed by atoms with Crippen LogP contribution < -0.4 is 11.2 Å². The molecule has 0 spiro atoms. The summed E-state index contributed by atoms with van der Waals surface area (Å²) >= 11 is 0. The van der Waals surface area contributed by atoms with Gasteiger partial charge in [0.05, 0.1) is 12.2 Å². The normalized spacial score (nSPS) is 10.8. The van der Waals surface area contributed by atoms with E-state index < -0.39 is 17.1 Å². The fourth-order valence-corrected chi connectivity index (χ4v) is 2.16. The predicted octanol–water partition coefficient (Wildman–Crippen LogP) is 1.03. The van der Waals surface area contributed by atoms with Crippen LogP contribution in [-0.4, -0.2) is 18.9 Å². The second kappa shape index (κ2) is 5.80. The molecule has 112 valence electrons. The highest BCUT2D eigenvalue weighted by molar-refractivity contribution is 5.31. The Morgan fingerprint density at radius 1 is 1.00 bits per heavy atom. The highest BCUT2D eigenvalue weighted by Crippen LogP contribution is 2.04. The van der Waals surface area contributed by atoms with Gasteiger partial charge >= 0.3 is 5.69 Å². The molecule has 0 aliphatic carbocycles. The average Bonchev–Trinajstić information content (AvgIpc) is 3.02. The van der Waals surface area contributed by atoms with E-state index in [4.69, 9.17) is 0 Å². The Bertz CT molecular complexity index is 879. The first-order valence-electron chi connectivity index (χ1n) is 6.71. The number of halogens is 1. The lowest BCUT2D eigenvalue weighted by Gasteiger charge is -2.10. The van der Waals surface area contributed by atoms with Crippen molar-refractivity contribution in [1.29, 1.82) is 0 Å². The molecule has 0 aliphatic heterocycles. The van der Waals surface area contributed by atoms with E-state index in [1.807, 2.05) is 0 Å². The number of benzene rings is 1. The molecule has 0 saturated heterocycles. The molecule has 0 radical (unpaired) electrons. The lowest BCUT2D eigenvalue weighted by Crippen LogP contribution is -2.38. The highest BCUT2D eigenvalue weighted by atomic mass is 19.1. The van der Waals surface area contributed by atoms with Crippen molar-refractivity contribution in [3.8, 4) is 5.69 Å². The molecule has 0 fully saturated rings. The van der Waals surface area contributed by atoms with Crippen LogP contribution in [0.25, 0.3) is 5.69 Å². The van der Waals surface area contributed by atoms with E-state index in [0.29, 0.717) is 18.8 Å². The maximum Gasteiger partial charge on any atom is 0.335 e. The van der Waals surface area contributed by atoms with E-state index in [-0.39, 0.29) is 0 Å². The third-order valence-corrected chi connectivity index (χ3v) is 3.27. The largest absolute Gasteiger partial charge is 0.335 e. The van der Waals surface area contributed by atoms with E-state index >= 15 is 0 Å². The van der Waals surface area contributed by atoms with Gasteiger partial charge in [-0.05, 0) is 30.3 Å². The van der Waals surface area contributed by atoms with E-state index in [1.54, 1.807) is 23.1 Å². The van der Waals surface area contributed by atoms with Gasteiger partial charge < -0.3 is 0 Å². The predicted molar refractivity (Wildman–Crippen MR) is 78.5 cm³/mol. The zero-order chi connectivity index (χ0) is 15.5. The van der Waals surface area contributed by atoms with Crippen molar-refractivity contribution in [2.45, 2.75) is 13.1 Å². The molecule has 7 heteroatoms. The first-order valence-corrected chi connectivity index (χ1v) is 6.71. The van der Waals surface area contributed by atoms with Gasteiger partial charge in [0.15, 0.2) is 0 Å². The number of hydrogen-bond donors (Lipinski definition) is 0. The van der Waals surface area contributed by atoms with E-state index in [0.717, 1.165) is 4.57 Å². The lowest BCUT2D eigenvalue weighted by molar-refractivity contribution is 0.509. The zero-order valence-corrected chi connectivity index (χ0v) is 11.6. The van der Waals surface area contributed by atoms with Crippen molar-refractivity contribution in [3.63, 3.8) is 0 Å². The molecule has 0 unspecified atom stereocenters. The molecule has 0 aliphatic rings. The topological polar surface area (TPSA) is 61.8 Å². The van der Waals surface area contributed by atoms with Gasteiger partial charge in [-0.25, -0.2) is 13.8 Å². The Morgan fingerprint density at radius 3 is 2.45 bits per heavy atom. The quantitative estimate of drug-likeness (QED) is 0.723. The standard InChI is InChI=1S/C15H13FN4O2/c16-12-2-4-13(5-3-12)20-14(21)6-9-18(15(20)22)10-11-19-8-1-7-17-19/h1-9H,10-11H2. The zero-order valence-electron chi connectivity index (χ0n) is 11.6. The average molecular weight is 300 g/mol. The van der Waals surface area contributed by atoms with Gasteiger partial charge in [0, 0.05) is 31.2 Å². The summed E-state index contributed by atoms with van der Waals surface area (Å²) < 4.78 is 17.1. The van der Waals surface area contributed by atoms with Gasteiger partial charge in [-0.3, -0.25) is 14.0 Å². The molecule has 3 aromatic rings. The van der Waals surface area contributed by atoms with Gasteiger partial charge in [-0.2, -0.15) is 5.10 Å². The molecule has 0 bridgehead atoms. The second-order valence-electron chi connectivity index (χ2n) is 4.71. The van der Waals surface area contributed by atoms with E-state index in [9.17, 15) is 14.0 Å². The van der Waals surface area contributed by atoms with Crippen LogP contribution in [-0.2, 0) is 13.1 Å². The van der Waals surface area contributed by atoms with Crippen LogP contribution >= 0.6 is 0 Å². The highest BCUT2D eigenvalue weighted by Gasteiger charge is 2.07. The smallest absolute Gasteiger partial charge is 0.298 e. The van der Waals surface area contributed by atoms with E-state index in [1.165, 1.54) is 41.1 Å². The minimum atomic E-state index is -0.466. The Kier molecular flexibility index (Phi) is 3.69. The summed E-state index contributed by atoms with van der Waals surface area (Å²) in [5.74, 6) is -0.424. The van der Waals surface area contributed by atoms with Crippen LogP contribution in [0.5, 0.6) is 0 Å². The van der Waals surface area contributed by atoms with Crippen LogP contribution in [0, 0.1) is 5.82 Å². The maximum absolute atomic E-state index is 13.0. The van der Waals surface area contributed by atoms with Crippen molar-refractivity contribution in [2.75, 3.05) is 0 Å². The molecule has 0 saturated carbocycles. The van der Waals surface area contributed by atoms with Crippen LogP contribution in [0.4, 0.5) is 4.39 Å². The van der Waals surface area contributed by atoms with Crippen molar-refractivity contribution < 1.29 is 4.39 Å². The third-order valence-electron chi connectivity index (χ3n) is 3.27. The Hall–Kier alpha value is -2.96. The van der Waals surface area contributed by atoms with Crippen molar-refractivity contribution in [2.24, 2.45) is 0 Å². The summed E-state index contributed by atoms with van der Waals surface area (Å²) in [6, 6.07) is 8.33. The number of nitrogens with zero attached hydrogens (tertiary/aromatic N) is 4. The van der Waals surface area contributed by atoms with Crippen LogP contribution in [0.3, 0.4) is 0 Å². The molecule has 2 aromatic heterocycles. The number of aryl methyl sites for hydroxylation is 2. The first kappa shape index (κ1) is 14.0. The van der Waals surface area contributed by atoms with Crippen LogP contribution in [0.1, 0.15) is 0 Å². The minimum Gasteiger partial charge on any atom is -0.298 e. The molecular weight excluding hydrogens is 287 g/mol. The van der Waals surface area contributed by atoms with E-state index in [2.05, 4.69) is 5.10 Å². The van der Waals surface area contributed by atoms with Gasteiger partial charge in [0.1, 0.15) is 5.82 Å². The fourth-order valence-electron chi connectivity index (χ4n) is 2.16. The molecule has 2 heterocycles. The van der Waals surface area contributed by atoms with Crippen molar-refractivity contribution in [3.05, 3.63) is 81.6 Å². The SMILES string of the molecule is O=c1ccn(CCn2cccn2)c(=O)n1-c1ccc(F)cc1. The monoisotopic (exact) mass is 300 g/mol. The third kappa shape index (κ3) is 2.73. The second-order valence-corrected chi connectivity index (χ2v) is 4.71. The first-order chi connectivity index (χ1) is 10.6. The van der Waals surface area contributed by atoms with Crippen LogP contribution in [0.15, 0.2) is 64.6 Å². The molecular formula is C15H13FN4O2. The Balaban J connectivity index is 1.97. The number of rotatable bonds is 4. The van der Waals surface area contributed by atoms with Gasteiger partial charge in [0.2, 0.25) is 0 Å². The Morgan fingerprint density at radius 2 is 1.77 bits per heavy atom. The summed E-state index contributed by atoms with van der Waals surface area (Å²) in [4.78, 5) is 24.4. The van der Waals surface area contributed by atoms with Gasteiger partial charge in [-0.1, -0.05) is 0 Å². The molecule has 0 atom stereocenters. The molecule has 22 heavy (non-hydrogen) atoms. The fraction of sp³-hybridized carbons (Fsp3) is 0.133. The minimum absolute atomic E-state index is 0.338. The molecule has 6 nitrogen and oxygen atoms in total. The Labute approximate surface area is 124 Å². The molecule has 0 amide bonds. The van der Waals surface area contributed by atoms with Crippen molar-refractivity contribution >= 4 is 0 Å². The lowest BCUT2D eigenvalue weighted by atomic mass is 10.3. The maximum atomic E-state index is 13.0. The van der Waals surface area contributed by atoms with Crippen molar-refractivity contribution in [1.82, 2.24) is 18.9 Å². The van der Waals surface area contributed by atoms with Gasteiger partial charge in [0.25, 0.3) is 5.56 Å².